The molecule has 0 unspecified atom stereocenters. The van der Waals surface area contributed by atoms with E-state index in [0.29, 0.717) is 0 Å². The van der Waals surface area contributed by atoms with E-state index in [1.54, 1.807) is 0 Å². The number of nitrogens with zero attached hydrogens (tertiary/aromatic N) is 2. The predicted molar refractivity (Wildman–Crippen MR) is 85.6 cm³/mol. The van der Waals surface area contributed by atoms with Gasteiger partial charge in [-0.1, -0.05) is 18.2 Å². The fourth-order valence-corrected chi connectivity index (χ4v) is 2.49. The normalized spacial score (nSPS) is 15.9. The summed E-state index contributed by atoms with van der Waals surface area (Å²) in [5.74, 6) is 0. The second-order valence-corrected chi connectivity index (χ2v) is 5.19. The Hall–Kier alpha value is -1.45. The highest BCUT2D eigenvalue weighted by molar-refractivity contribution is 5.63. The van der Waals surface area contributed by atoms with Crippen LogP contribution in [0.15, 0.2) is 43.1 Å². The zero-order valence-electron chi connectivity index (χ0n) is 12.2. The lowest BCUT2D eigenvalue weighted by Crippen LogP contribution is -2.30. The van der Waals surface area contributed by atoms with Crippen molar-refractivity contribution in [3.05, 3.63) is 48.8 Å². The Balaban J connectivity index is 1.66. The molecule has 0 atom stereocenters. The molecule has 108 valence electrons. The summed E-state index contributed by atoms with van der Waals surface area (Å²) >= 11 is 0. The van der Waals surface area contributed by atoms with Gasteiger partial charge in [-0.15, -0.1) is 6.58 Å². The molecule has 0 bridgehead atoms. The molecule has 1 aromatic rings. The van der Waals surface area contributed by atoms with Gasteiger partial charge >= 0.3 is 0 Å². The molecule has 2 rings (SSSR count). The van der Waals surface area contributed by atoms with E-state index in [1.165, 1.54) is 25.0 Å². The first-order valence-corrected chi connectivity index (χ1v) is 7.54. The van der Waals surface area contributed by atoms with Gasteiger partial charge in [0.1, 0.15) is 0 Å². The van der Waals surface area contributed by atoms with Crippen LogP contribution in [0.5, 0.6) is 0 Å². The number of nitrogens with one attached hydrogen (secondary N) is 1. The molecular weight excluding hydrogens is 246 g/mol. The fourth-order valence-electron chi connectivity index (χ4n) is 2.49. The molecule has 1 aliphatic rings. The molecule has 0 spiro atoms. The molecule has 1 aromatic heterocycles. The summed E-state index contributed by atoms with van der Waals surface area (Å²) in [6.07, 6.45) is 9.74. The number of hydrogen-bond acceptors (Lipinski definition) is 3. The van der Waals surface area contributed by atoms with Crippen LogP contribution in [0.1, 0.15) is 25.0 Å². The smallest absolute Gasteiger partial charge is 0.0659 e. The summed E-state index contributed by atoms with van der Waals surface area (Å²) in [6, 6.07) is 6.14. The SMILES string of the molecule is C=CCNCCCCN1CC=C(c2ccccn2)CC1. The second kappa shape index (κ2) is 8.67. The first-order chi connectivity index (χ1) is 9.90. The number of pyridine rings is 1. The van der Waals surface area contributed by atoms with E-state index in [1.807, 2.05) is 18.3 Å². The third kappa shape index (κ3) is 4.91. The van der Waals surface area contributed by atoms with Crippen molar-refractivity contribution in [3.63, 3.8) is 0 Å². The minimum Gasteiger partial charge on any atom is -0.313 e. The third-order valence-corrected chi connectivity index (χ3v) is 3.65. The van der Waals surface area contributed by atoms with Crippen molar-refractivity contribution in [2.45, 2.75) is 19.3 Å². The Morgan fingerprint density at radius 2 is 2.30 bits per heavy atom. The summed E-state index contributed by atoms with van der Waals surface area (Å²) in [5.41, 5.74) is 2.54. The van der Waals surface area contributed by atoms with Crippen LogP contribution in [0.25, 0.3) is 5.57 Å². The Kier molecular flexibility index (Phi) is 6.48. The van der Waals surface area contributed by atoms with Crippen molar-refractivity contribution in [1.29, 1.82) is 0 Å². The molecule has 3 nitrogen and oxygen atoms in total. The van der Waals surface area contributed by atoms with E-state index in [0.717, 1.165) is 38.3 Å². The Bertz CT molecular complexity index is 425. The lowest BCUT2D eigenvalue weighted by atomic mass is 10.0. The average molecular weight is 271 g/mol. The lowest BCUT2D eigenvalue weighted by molar-refractivity contribution is 0.294. The van der Waals surface area contributed by atoms with Crippen molar-refractivity contribution in [2.24, 2.45) is 0 Å². The van der Waals surface area contributed by atoms with Gasteiger partial charge in [0.15, 0.2) is 0 Å². The van der Waals surface area contributed by atoms with Gasteiger partial charge in [0, 0.05) is 25.8 Å². The highest BCUT2D eigenvalue weighted by Crippen LogP contribution is 2.20. The van der Waals surface area contributed by atoms with E-state index < -0.39 is 0 Å². The fraction of sp³-hybridized carbons (Fsp3) is 0.471. The topological polar surface area (TPSA) is 28.2 Å². The zero-order valence-corrected chi connectivity index (χ0v) is 12.2. The molecule has 1 aliphatic heterocycles. The molecule has 20 heavy (non-hydrogen) atoms. The number of aromatic nitrogens is 1. The minimum absolute atomic E-state index is 0.917. The maximum Gasteiger partial charge on any atom is 0.0659 e. The van der Waals surface area contributed by atoms with Crippen molar-refractivity contribution in [3.8, 4) is 0 Å². The molecule has 3 heteroatoms. The number of unbranched alkanes of at least 4 members (excludes halogenated alkanes) is 1. The first kappa shape index (κ1) is 14.9. The van der Waals surface area contributed by atoms with Crippen molar-refractivity contribution < 1.29 is 0 Å². The van der Waals surface area contributed by atoms with Gasteiger partial charge in [-0.25, -0.2) is 0 Å². The third-order valence-electron chi connectivity index (χ3n) is 3.65. The van der Waals surface area contributed by atoms with Crippen LogP contribution in [0.2, 0.25) is 0 Å². The molecule has 0 aliphatic carbocycles. The highest BCUT2D eigenvalue weighted by atomic mass is 15.1. The van der Waals surface area contributed by atoms with Crippen LogP contribution in [0.3, 0.4) is 0 Å². The average Bonchev–Trinajstić information content (AvgIpc) is 2.52. The monoisotopic (exact) mass is 271 g/mol. The summed E-state index contributed by atoms with van der Waals surface area (Å²) in [6.45, 7) is 9.12. The summed E-state index contributed by atoms with van der Waals surface area (Å²) < 4.78 is 0. The molecule has 2 heterocycles. The van der Waals surface area contributed by atoms with Crippen molar-refractivity contribution in [1.82, 2.24) is 15.2 Å². The molecular formula is C17H25N3. The highest BCUT2D eigenvalue weighted by Gasteiger charge is 2.12. The molecule has 0 aromatic carbocycles. The van der Waals surface area contributed by atoms with Crippen molar-refractivity contribution >= 4 is 5.57 Å². The predicted octanol–water partition coefficient (Wildman–Crippen LogP) is 2.73. The summed E-state index contributed by atoms with van der Waals surface area (Å²) in [7, 11) is 0. The summed E-state index contributed by atoms with van der Waals surface area (Å²) in [5, 5.41) is 3.34. The van der Waals surface area contributed by atoms with Gasteiger partial charge in [-0.3, -0.25) is 9.88 Å². The van der Waals surface area contributed by atoms with Crippen LogP contribution < -0.4 is 5.32 Å². The molecule has 1 N–H and O–H groups in total. The number of hydrogen-bond donors (Lipinski definition) is 1. The maximum absolute atomic E-state index is 4.43. The Labute approximate surface area is 122 Å². The van der Waals surface area contributed by atoms with Crippen LogP contribution in [0, 0.1) is 0 Å². The largest absolute Gasteiger partial charge is 0.313 e. The van der Waals surface area contributed by atoms with Crippen LogP contribution in [-0.2, 0) is 0 Å². The van der Waals surface area contributed by atoms with Gasteiger partial charge in [0.25, 0.3) is 0 Å². The van der Waals surface area contributed by atoms with Crippen molar-refractivity contribution in [2.75, 3.05) is 32.7 Å². The van der Waals surface area contributed by atoms with E-state index in [9.17, 15) is 0 Å². The standard InChI is InChI=1S/C17H25N3/c1-2-10-18-11-5-6-13-20-14-8-16(9-15-20)17-7-3-4-12-19-17/h2-4,7-8,12,18H,1,5-6,9-11,13-15H2. The molecule has 0 radical (unpaired) electrons. The molecule has 0 saturated heterocycles. The van der Waals surface area contributed by atoms with Gasteiger partial charge in [0.2, 0.25) is 0 Å². The molecule has 0 fully saturated rings. The lowest BCUT2D eigenvalue weighted by Gasteiger charge is -2.26. The first-order valence-electron chi connectivity index (χ1n) is 7.54. The zero-order chi connectivity index (χ0) is 14.0. The van der Waals surface area contributed by atoms with Crippen LogP contribution in [0.4, 0.5) is 0 Å². The Morgan fingerprint density at radius 1 is 1.35 bits per heavy atom. The maximum atomic E-state index is 4.43. The van der Waals surface area contributed by atoms with Crippen LogP contribution in [-0.4, -0.2) is 42.6 Å². The van der Waals surface area contributed by atoms with Gasteiger partial charge < -0.3 is 5.32 Å². The second-order valence-electron chi connectivity index (χ2n) is 5.19. The van der Waals surface area contributed by atoms with E-state index in [4.69, 9.17) is 0 Å². The van der Waals surface area contributed by atoms with E-state index >= 15 is 0 Å². The quantitative estimate of drug-likeness (QED) is 0.582. The van der Waals surface area contributed by atoms with E-state index in [2.05, 4.69) is 40.0 Å². The van der Waals surface area contributed by atoms with Gasteiger partial charge in [0.05, 0.1) is 5.69 Å². The number of rotatable bonds is 8. The Morgan fingerprint density at radius 3 is 3.00 bits per heavy atom. The van der Waals surface area contributed by atoms with Gasteiger partial charge in [-0.2, -0.15) is 0 Å². The van der Waals surface area contributed by atoms with E-state index in [-0.39, 0.29) is 0 Å². The van der Waals surface area contributed by atoms with Crippen LogP contribution >= 0.6 is 0 Å². The molecule has 0 saturated carbocycles. The summed E-state index contributed by atoms with van der Waals surface area (Å²) in [4.78, 5) is 6.96. The molecule has 0 amide bonds. The van der Waals surface area contributed by atoms with Gasteiger partial charge in [-0.05, 0) is 50.1 Å². The minimum atomic E-state index is 0.917.